The summed E-state index contributed by atoms with van der Waals surface area (Å²) in [5, 5.41) is 0.788. The van der Waals surface area contributed by atoms with E-state index in [-0.39, 0.29) is 5.97 Å². The SMILES string of the molecule is COC(=O)c1cccc(-c2ncc(Cl)s2)c1. The number of aromatic nitrogens is 1. The number of methoxy groups -OCH3 is 1. The van der Waals surface area contributed by atoms with Crippen LogP contribution in [0.25, 0.3) is 10.6 Å². The molecule has 2 aromatic rings. The van der Waals surface area contributed by atoms with Gasteiger partial charge < -0.3 is 4.74 Å². The minimum Gasteiger partial charge on any atom is -0.465 e. The summed E-state index contributed by atoms with van der Waals surface area (Å²) < 4.78 is 5.27. The number of carbonyl (C=O) groups is 1. The minimum absolute atomic E-state index is 0.357. The molecular formula is C11H8ClNO2S. The van der Waals surface area contributed by atoms with Crippen molar-refractivity contribution in [3.8, 4) is 10.6 Å². The second-order valence-electron chi connectivity index (χ2n) is 3.04. The van der Waals surface area contributed by atoms with Crippen molar-refractivity contribution in [3.05, 3.63) is 40.4 Å². The van der Waals surface area contributed by atoms with Crippen molar-refractivity contribution in [2.45, 2.75) is 0 Å². The molecule has 0 spiro atoms. The summed E-state index contributed by atoms with van der Waals surface area (Å²) in [7, 11) is 1.36. The number of nitrogens with zero attached hydrogens (tertiary/aromatic N) is 1. The number of hydrogen-bond donors (Lipinski definition) is 0. The average Bonchev–Trinajstić information content (AvgIpc) is 2.75. The number of thiazole rings is 1. The molecule has 0 amide bonds. The molecule has 1 heterocycles. The fourth-order valence-corrected chi connectivity index (χ4v) is 2.19. The van der Waals surface area contributed by atoms with E-state index in [0.29, 0.717) is 9.90 Å². The zero-order valence-electron chi connectivity index (χ0n) is 8.44. The molecule has 16 heavy (non-hydrogen) atoms. The quantitative estimate of drug-likeness (QED) is 0.772. The van der Waals surface area contributed by atoms with Crippen molar-refractivity contribution in [3.63, 3.8) is 0 Å². The smallest absolute Gasteiger partial charge is 0.337 e. The monoisotopic (exact) mass is 253 g/mol. The van der Waals surface area contributed by atoms with Crippen LogP contribution < -0.4 is 0 Å². The zero-order chi connectivity index (χ0) is 11.5. The summed E-state index contributed by atoms with van der Waals surface area (Å²) in [6.07, 6.45) is 1.59. The Morgan fingerprint density at radius 2 is 2.31 bits per heavy atom. The van der Waals surface area contributed by atoms with Gasteiger partial charge in [-0.05, 0) is 12.1 Å². The van der Waals surface area contributed by atoms with Gasteiger partial charge >= 0.3 is 5.97 Å². The molecule has 0 fully saturated rings. The van der Waals surface area contributed by atoms with Gasteiger partial charge in [-0.2, -0.15) is 0 Å². The number of ether oxygens (including phenoxy) is 1. The van der Waals surface area contributed by atoms with E-state index in [1.165, 1.54) is 18.4 Å². The van der Waals surface area contributed by atoms with Gasteiger partial charge in [0.1, 0.15) is 9.34 Å². The van der Waals surface area contributed by atoms with E-state index in [9.17, 15) is 4.79 Å². The Balaban J connectivity index is 2.39. The third-order valence-electron chi connectivity index (χ3n) is 2.01. The third-order valence-corrected chi connectivity index (χ3v) is 3.17. The highest BCUT2D eigenvalue weighted by Crippen LogP contribution is 2.28. The fourth-order valence-electron chi connectivity index (χ4n) is 1.28. The Morgan fingerprint density at radius 1 is 1.50 bits per heavy atom. The van der Waals surface area contributed by atoms with Crippen molar-refractivity contribution in [1.29, 1.82) is 0 Å². The predicted molar refractivity (Wildman–Crippen MR) is 63.9 cm³/mol. The largest absolute Gasteiger partial charge is 0.465 e. The minimum atomic E-state index is -0.357. The second kappa shape index (κ2) is 4.63. The fraction of sp³-hybridized carbons (Fsp3) is 0.0909. The van der Waals surface area contributed by atoms with Crippen molar-refractivity contribution >= 4 is 28.9 Å². The first-order valence-corrected chi connectivity index (χ1v) is 5.70. The lowest BCUT2D eigenvalue weighted by Crippen LogP contribution is -2.00. The maximum atomic E-state index is 11.3. The number of hydrogen-bond acceptors (Lipinski definition) is 4. The van der Waals surface area contributed by atoms with E-state index in [1.54, 1.807) is 24.4 Å². The molecule has 0 atom stereocenters. The van der Waals surface area contributed by atoms with E-state index in [1.807, 2.05) is 6.07 Å². The maximum absolute atomic E-state index is 11.3. The molecular weight excluding hydrogens is 246 g/mol. The normalized spacial score (nSPS) is 10.1. The first-order chi connectivity index (χ1) is 7.70. The summed E-state index contributed by atoms with van der Waals surface area (Å²) >= 11 is 7.18. The molecule has 0 aliphatic rings. The van der Waals surface area contributed by atoms with Crippen LogP contribution >= 0.6 is 22.9 Å². The lowest BCUT2D eigenvalue weighted by Gasteiger charge is -2.00. The summed E-state index contributed by atoms with van der Waals surface area (Å²) in [5.74, 6) is -0.357. The van der Waals surface area contributed by atoms with E-state index in [2.05, 4.69) is 9.72 Å². The van der Waals surface area contributed by atoms with Crippen LogP contribution in [0.5, 0.6) is 0 Å². The number of rotatable bonds is 2. The van der Waals surface area contributed by atoms with Crippen molar-refractivity contribution in [1.82, 2.24) is 4.98 Å². The summed E-state index contributed by atoms with van der Waals surface area (Å²) in [4.78, 5) is 15.5. The Hall–Kier alpha value is -1.39. The molecule has 0 aliphatic carbocycles. The number of halogens is 1. The summed E-state index contributed by atoms with van der Waals surface area (Å²) in [5.41, 5.74) is 1.37. The lowest BCUT2D eigenvalue weighted by molar-refractivity contribution is 0.0601. The highest BCUT2D eigenvalue weighted by Gasteiger charge is 2.08. The van der Waals surface area contributed by atoms with E-state index in [0.717, 1.165) is 10.6 Å². The molecule has 0 bridgehead atoms. The highest BCUT2D eigenvalue weighted by atomic mass is 35.5. The van der Waals surface area contributed by atoms with Crippen LogP contribution in [0, 0.1) is 0 Å². The number of esters is 1. The van der Waals surface area contributed by atoms with Gasteiger partial charge in [-0.15, -0.1) is 11.3 Å². The number of benzene rings is 1. The lowest BCUT2D eigenvalue weighted by atomic mass is 10.1. The first kappa shape index (κ1) is 11.1. The molecule has 1 aromatic carbocycles. The molecule has 2 rings (SSSR count). The Bertz CT molecular complexity index is 524. The zero-order valence-corrected chi connectivity index (χ0v) is 10.0. The molecule has 0 saturated carbocycles. The van der Waals surface area contributed by atoms with Crippen LogP contribution in [0.15, 0.2) is 30.5 Å². The van der Waals surface area contributed by atoms with E-state index in [4.69, 9.17) is 11.6 Å². The van der Waals surface area contributed by atoms with Crippen molar-refractivity contribution < 1.29 is 9.53 Å². The van der Waals surface area contributed by atoms with Crippen LogP contribution in [-0.4, -0.2) is 18.1 Å². The molecule has 1 aromatic heterocycles. The topological polar surface area (TPSA) is 39.2 Å². The second-order valence-corrected chi connectivity index (χ2v) is 4.70. The van der Waals surface area contributed by atoms with Crippen LogP contribution in [0.4, 0.5) is 0 Å². The Kier molecular flexibility index (Phi) is 3.22. The predicted octanol–water partition coefficient (Wildman–Crippen LogP) is 3.25. The molecule has 0 N–H and O–H groups in total. The van der Waals surface area contributed by atoms with Gasteiger partial charge in [0.15, 0.2) is 0 Å². The summed E-state index contributed by atoms with van der Waals surface area (Å²) in [6, 6.07) is 7.10. The highest BCUT2D eigenvalue weighted by molar-refractivity contribution is 7.18. The average molecular weight is 254 g/mol. The van der Waals surface area contributed by atoms with Gasteiger partial charge in [-0.1, -0.05) is 23.7 Å². The van der Waals surface area contributed by atoms with Crippen LogP contribution in [-0.2, 0) is 4.74 Å². The first-order valence-electron chi connectivity index (χ1n) is 4.51. The maximum Gasteiger partial charge on any atom is 0.337 e. The molecule has 0 radical (unpaired) electrons. The molecule has 0 unspecified atom stereocenters. The van der Waals surface area contributed by atoms with Crippen molar-refractivity contribution in [2.75, 3.05) is 7.11 Å². The van der Waals surface area contributed by atoms with Gasteiger partial charge in [-0.25, -0.2) is 9.78 Å². The molecule has 0 aliphatic heterocycles. The Morgan fingerprint density at radius 3 is 2.94 bits per heavy atom. The standard InChI is InChI=1S/C11H8ClNO2S/c1-15-11(14)8-4-2-3-7(5-8)10-13-6-9(12)16-10/h2-6H,1H3. The van der Waals surface area contributed by atoms with Gasteiger partial charge in [0.25, 0.3) is 0 Å². The van der Waals surface area contributed by atoms with Gasteiger partial charge in [0.2, 0.25) is 0 Å². The van der Waals surface area contributed by atoms with Crippen LogP contribution in [0.2, 0.25) is 4.34 Å². The Labute approximate surface area is 102 Å². The van der Waals surface area contributed by atoms with E-state index < -0.39 is 0 Å². The van der Waals surface area contributed by atoms with Gasteiger partial charge in [0.05, 0.1) is 18.9 Å². The summed E-state index contributed by atoms with van der Waals surface area (Å²) in [6.45, 7) is 0. The van der Waals surface area contributed by atoms with Crippen LogP contribution in [0.3, 0.4) is 0 Å². The van der Waals surface area contributed by atoms with Gasteiger partial charge in [-0.3, -0.25) is 0 Å². The number of carbonyl (C=O) groups excluding carboxylic acids is 1. The van der Waals surface area contributed by atoms with Gasteiger partial charge in [0, 0.05) is 5.56 Å². The third kappa shape index (κ3) is 2.23. The molecule has 82 valence electrons. The van der Waals surface area contributed by atoms with Crippen molar-refractivity contribution in [2.24, 2.45) is 0 Å². The molecule has 5 heteroatoms. The van der Waals surface area contributed by atoms with Crippen LogP contribution in [0.1, 0.15) is 10.4 Å². The molecule has 0 saturated heterocycles. The molecule has 3 nitrogen and oxygen atoms in total. The van der Waals surface area contributed by atoms with E-state index >= 15 is 0 Å².